The predicted octanol–water partition coefficient (Wildman–Crippen LogP) is 0.589. The minimum atomic E-state index is -0.495. The lowest BCUT2D eigenvalue weighted by Crippen LogP contribution is -2.41. The van der Waals surface area contributed by atoms with Gasteiger partial charge in [0.1, 0.15) is 18.5 Å². The third-order valence-electron chi connectivity index (χ3n) is 4.04. The molecule has 5 nitrogen and oxygen atoms in total. The van der Waals surface area contributed by atoms with Gasteiger partial charge in [-0.15, -0.1) is 0 Å². The third-order valence-corrected chi connectivity index (χ3v) is 4.04. The molecule has 1 heterocycles. The van der Waals surface area contributed by atoms with Crippen molar-refractivity contribution >= 4 is 0 Å². The van der Waals surface area contributed by atoms with E-state index in [1.54, 1.807) is 0 Å². The molecule has 2 rings (SSSR count). The third kappa shape index (κ3) is 5.28. The largest absolute Gasteiger partial charge is 0.491 e. The summed E-state index contributed by atoms with van der Waals surface area (Å²) < 4.78 is 5.59. The van der Waals surface area contributed by atoms with E-state index < -0.39 is 6.10 Å². The second-order valence-electron chi connectivity index (χ2n) is 5.74. The lowest BCUT2D eigenvalue weighted by atomic mass is 9.98. The van der Waals surface area contributed by atoms with Gasteiger partial charge >= 0.3 is 0 Å². The van der Waals surface area contributed by atoms with Crippen LogP contribution in [0.4, 0.5) is 0 Å². The first-order valence-corrected chi connectivity index (χ1v) is 7.64. The Hall–Kier alpha value is -1.14. The van der Waals surface area contributed by atoms with E-state index in [0.29, 0.717) is 25.6 Å². The number of hydrogen-bond donors (Lipinski definition) is 3. The Balaban J connectivity index is 1.68. The SMILES string of the molecule is NCc1ccc(OCC(O)CN2CCC(CO)CC2)cc1. The van der Waals surface area contributed by atoms with Crippen molar-refractivity contribution in [3.63, 3.8) is 0 Å². The number of nitrogens with zero attached hydrogens (tertiary/aromatic N) is 1. The average Bonchev–Trinajstić information content (AvgIpc) is 2.54. The van der Waals surface area contributed by atoms with Crippen molar-refractivity contribution in [2.45, 2.75) is 25.5 Å². The van der Waals surface area contributed by atoms with Gasteiger partial charge in [0, 0.05) is 19.7 Å². The Morgan fingerprint density at radius 3 is 2.48 bits per heavy atom. The molecule has 0 bridgehead atoms. The molecule has 1 saturated heterocycles. The summed E-state index contributed by atoms with van der Waals surface area (Å²) in [5, 5.41) is 19.2. The molecule has 1 fully saturated rings. The zero-order valence-electron chi connectivity index (χ0n) is 12.4. The lowest BCUT2D eigenvalue weighted by molar-refractivity contribution is 0.0488. The first kappa shape index (κ1) is 16.2. The number of ether oxygens (including phenoxy) is 1. The van der Waals surface area contributed by atoms with Gasteiger partial charge in [-0.05, 0) is 49.5 Å². The second kappa shape index (κ2) is 8.34. The number of aliphatic hydroxyl groups is 2. The fraction of sp³-hybridized carbons (Fsp3) is 0.625. The van der Waals surface area contributed by atoms with Crippen molar-refractivity contribution in [1.29, 1.82) is 0 Å². The molecule has 0 aromatic heterocycles. The maximum Gasteiger partial charge on any atom is 0.119 e. The van der Waals surface area contributed by atoms with Gasteiger partial charge < -0.3 is 25.6 Å². The Morgan fingerprint density at radius 1 is 1.24 bits per heavy atom. The van der Waals surface area contributed by atoms with Crippen LogP contribution in [0.3, 0.4) is 0 Å². The number of benzene rings is 1. The van der Waals surface area contributed by atoms with Gasteiger partial charge in [0.15, 0.2) is 0 Å². The first-order valence-electron chi connectivity index (χ1n) is 7.64. The summed E-state index contributed by atoms with van der Waals surface area (Å²) in [6.07, 6.45) is 1.51. The molecule has 1 unspecified atom stereocenters. The molecule has 0 amide bonds. The quantitative estimate of drug-likeness (QED) is 0.686. The van der Waals surface area contributed by atoms with Gasteiger partial charge in [0.2, 0.25) is 0 Å². The second-order valence-corrected chi connectivity index (χ2v) is 5.74. The monoisotopic (exact) mass is 294 g/mol. The van der Waals surface area contributed by atoms with Crippen LogP contribution >= 0.6 is 0 Å². The van der Waals surface area contributed by atoms with Crippen LogP contribution in [0, 0.1) is 5.92 Å². The zero-order valence-corrected chi connectivity index (χ0v) is 12.4. The molecule has 0 radical (unpaired) electrons. The molecule has 1 aliphatic heterocycles. The molecule has 1 atom stereocenters. The molecule has 0 saturated carbocycles. The van der Waals surface area contributed by atoms with Crippen LogP contribution < -0.4 is 10.5 Å². The van der Waals surface area contributed by atoms with Crippen molar-refractivity contribution in [3.05, 3.63) is 29.8 Å². The van der Waals surface area contributed by atoms with Crippen molar-refractivity contribution in [2.24, 2.45) is 11.7 Å². The van der Waals surface area contributed by atoms with Crippen molar-refractivity contribution in [3.8, 4) is 5.75 Å². The van der Waals surface area contributed by atoms with Crippen LogP contribution in [-0.4, -0.2) is 54.1 Å². The fourth-order valence-corrected chi connectivity index (χ4v) is 2.62. The van der Waals surface area contributed by atoms with Crippen LogP contribution in [0.1, 0.15) is 18.4 Å². The summed E-state index contributed by atoms with van der Waals surface area (Å²) in [7, 11) is 0. The molecule has 0 aliphatic carbocycles. The minimum Gasteiger partial charge on any atom is -0.491 e. The van der Waals surface area contributed by atoms with Crippen molar-refractivity contribution in [1.82, 2.24) is 4.90 Å². The smallest absolute Gasteiger partial charge is 0.119 e. The van der Waals surface area contributed by atoms with Gasteiger partial charge in [0.25, 0.3) is 0 Å². The van der Waals surface area contributed by atoms with Crippen molar-refractivity contribution < 1.29 is 14.9 Å². The Labute approximate surface area is 126 Å². The van der Waals surface area contributed by atoms with E-state index in [2.05, 4.69) is 4.90 Å². The number of hydrogen-bond acceptors (Lipinski definition) is 5. The normalized spacial score (nSPS) is 18.6. The molecule has 1 aromatic carbocycles. The number of nitrogens with two attached hydrogens (primary N) is 1. The molecule has 118 valence electrons. The highest BCUT2D eigenvalue weighted by atomic mass is 16.5. The van der Waals surface area contributed by atoms with E-state index in [4.69, 9.17) is 15.6 Å². The molecule has 21 heavy (non-hydrogen) atoms. The highest BCUT2D eigenvalue weighted by Crippen LogP contribution is 2.17. The van der Waals surface area contributed by atoms with Gasteiger partial charge in [-0.2, -0.15) is 0 Å². The average molecular weight is 294 g/mol. The number of aliphatic hydroxyl groups excluding tert-OH is 2. The van der Waals surface area contributed by atoms with E-state index >= 15 is 0 Å². The molecular weight excluding hydrogens is 268 g/mol. The summed E-state index contributed by atoms with van der Waals surface area (Å²) in [6.45, 7) is 3.59. The van der Waals surface area contributed by atoms with Gasteiger partial charge in [-0.1, -0.05) is 12.1 Å². The van der Waals surface area contributed by atoms with E-state index in [9.17, 15) is 5.11 Å². The number of β-amino-alcohol motifs (C(OH)–C–C–N with tert-alkyl or cyclic N) is 1. The van der Waals surface area contributed by atoms with Crippen LogP contribution in [0.15, 0.2) is 24.3 Å². The zero-order chi connectivity index (χ0) is 15.1. The van der Waals surface area contributed by atoms with Gasteiger partial charge in [0.05, 0.1) is 0 Å². The number of piperidine rings is 1. The van der Waals surface area contributed by atoms with Gasteiger partial charge in [-0.3, -0.25) is 0 Å². The molecule has 1 aliphatic rings. The maximum atomic E-state index is 10.1. The van der Waals surface area contributed by atoms with Crippen LogP contribution in [0.2, 0.25) is 0 Å². The Morgan fingerprint density at radius 2 is 1.90 bits per heavy atom. The standard InChI is InChI=1S/C16H26N2O3/c17-9-13-1-3-16(4-2-13)21-12-15(20)10-18-7-5-14(11-19)6-8-18/h1-4,14-15,19-20H,5-12,17H2. The topological polar surface area (TPSA) is 79.0 Å². The minimum absolute atomic E-state index is 0.276. The highest BCUT2D eigenvalue weighted by molar-refractivity contribution is 5.27. The summed E-state index contributed by atoms with van der Waals surface area (Å²) in [4.78, 5) is 2.23. The van der Waals surface area contributed by atoms with E-state index in [1.165, 1.54) is 0 Å². The van der Waals surface area contributed by atoms with Crippen LogP contribution in [0.5, 0.6) is 5.75 Å². The lowest BCUT2D eigenvalue weighted by Gasteiger charge is -2.32. The summed E-state index contributed by atoms with van der Waals surface area (Å²) in [6, 6.07) is 7.62. The van der Waals surface area contributed by atoms with Crippen molar-refractivity contribution in [2.75, 3.05) is 32.8 Å². The van der Waals surface area contributed by atoms with Crippen LogP contribution in [-0.2, 0) is 6.54 Å². The van der Waals surface area contributed by atoms with E-state index in [0.717, 1.165) is 37.2 Å². The first-order chi connectivity index (χ1) is 10.2. The fourth-order valence-electron chi connectivity index (χ4n) is 2.62. The predicted molar refractivity (Wildman–Crippen MR) is 82.1 cm³/mol. The Bertz CT molecular complexity index is 402. The summed E-state index contributed by atoms with van der Waals surface area (Å²) in [5.41, 5.74) is 6.61. The molecular formula is C16H26N2O3. The Kier molecular flexibility index (Phi) is 6.45. The molecule has 0 spiro atoms. The van der Waals surface area contributed by atoms with E-state index in [1.807, 2.05) is 24.3 Å². The summed E-state index contributed by atoms with van der Waals surface area (Å²) in [5.74, 6) is 1.18. The highest BCUT2D eigenvalue weighted by Gasteiger charge is 2.20. The summed E-state index contributed by atoms with van der Waals surface area (Å²) >= 11 is 0. The van der Waals surface area contributed by atoms with E-state index in [-0.39, 0.29) is 6.61 Å². The van der Waals surface area contributed by atoms with Gasteiger partial charge in [-0.25, -0.2) is 0 Å². The number of likely N-dealkylation sites (tertiary alicyclic amines) is 1. The van der Waals surface area contributed by atoms with Crippen LogP contribution in [0.25, 0.3) is 0 Å². The maximum absolute atomic E-state index is 10.1. The molecule has 1 aromatic rings. The molecule has 4 N–H and O–H groups in total. The molecule has 5 heteroatoms. The number of rotatable bonds is 7.